The molecule has 0 bridgehead atoms. The van der Waals surface area contributed by atoms with Crippen LogP contribution in [0.25, 0.3) is 0 Å². The highest BCUT2D eigenvalue weighted by atomic mass is 16.4. The molecule has 7 nitrogen and oxygen atoms in total. The molecule has 0 spiro atoms. The van der Waals surface area contributed by atoms with E-state index in [1.807, 2.05) is 11.8 Å². The summed E-state index contributed by atoms with van der Waals surface area (Å²) in [4.78, 5) is 23.7. The second kappa shape index (κ2) is 5.97. The van der Waals surface area contributed by atoms with Crippen molar-refractivity contribution in [2.75, 3.05) is 13.1 Å². The quantitative estimate of drug-likeness (QED) is 0.922. The van der Waals surface area contributed by atoms with Crippen LogP contribution in [-0.4, -0.2) is 44.1 Å². The van der Waals surface area contributed by atoms with Crippen LogP contribution in [0.15, 0.2) is 4.42 Å². The summed E-state index contributed by atoms with van der Waals surface area (Å²) in [6, 6.07) is 0. The summed E-state index contributed by atoms with van der Waals surface area (Å²) in [5.74, 6) is 4.26. The number of H-pyrrole nitrogens is 1. The number of nitrogens with one attached hydrogen (secondary N) is 1. The molecule has 1 aliphatic carbocycles. The first kappa shape index (κ1) is 16.3. The van der Waals surface area contributed by atoms with Crippen molar-refractivity contribution in [2.45, 2.75) is 52.4 Å². The number of oxazole rings is 1. The van der Waals surface area contributed by atoms with Gasteiger partial charge in [0.05, 0.1) is 5.69 Å². The van der Waals surface area contributed by atoms with Crippen LogP contribution >= 0.6 is 0 Å². The molecule has 1 saturated carbocycles. The van der Waals surface area contributed by atoms with Gasteiger partial charge in [0.1, 0.15) is 5.82 Å². The van der Waals surface area contributed by atoms with Gasteiger partial charge in [-0.2, -0.15) is 5.10 Å². The second-order valence-corrected chi connectivity index (χ2v) is 7.70. The molecule has 2 aliphatic rings. The number of carbonyl (C=O) groups excluding carboxylic acids is 1. The molecule has 4 rings (SSSR count). The summed E-state index contributed by atoms with van der Waals surface area (Å²) in [6.07, 6.45) is 2.49. The van der Waals surface area contributed by atoms with Gasteiger partial charge in [-0.05, 0) is 31.6 Å². The predicted molar refractivity (Wildman–Crippen MR) is 91.3 cm³/mol. The number of aryl methyl sites for hydroxylation is 2. The van der Waals surface area contributed by atoms with Gasteiger partial charge in [-0.3, -0.25) is 9.89 Å². The second-order valence-electron chi connectivity index (χ2n) is 7.70. The highest BCUT2D eigenvalue weighted by Gasteiger charge is 2.46. The molecular formula is C18H25N5O2. The molecule has 2 fully saturated rings. The normalized spacial score (nSPS) is 23.6. The fourth-order valence-corrected chi connectivity index (χ4v) is 3.87. The van der Waals surface area contributed by atoms with Crippen molar-refractivity contribution in [3.63, 3.8) is 0 Å². The van der Waals surface area contributed by atoms with Crippen LogP contribution in [0, 0.1) is 25.7 Å². The van der Waals surface area contributed by atoms with Crippen molar-refractivity contribution in [3.05, 3.63) is 29.0 Å². The van der Waals surface area contributed by atoms with Gasteiger partial charge in [0.2, 0.25) is 5.76 Å². The van der Waals surface area contributed by atoms with Crippen LogP contribution in [0.5, 0.6) is 0 Å². The lowest BCUT2D eigenvalue weighted by Gasteiger charge is -2.14. The summed E-state index contributed by atoms with van der Waals surface area (Å²) in [5.41, 5.74) is 0.663. The fraction of sp³-hybridized carbons (Fsp3) is 0.667. The Bertz CT molecular complexity index is 789. The third-order valence-corrected chi connectivity index (χ3v) is 5.37. The monoisotopic (exact) mass is 343 g/mol. The highest BCUT2D eigenvalue weighted by molar-refractivity contribution is 5.92. The molecule has 2 atom stereocenters. The van der Waals surface area contributed by atoms with Crippen molar-refractivity contribution in [2.24, 2.45) is 11.8 Å². The van der Waals surface area contributed by atoms with E-state index in [1.54, 1.807) is 6.92 Å². The average Bonchev–Trinajstić information content (AvgIpc) is 2.98. The van der Waals surface area contributed by atoms with E-state index in [9.17, 15) is 4.79 Å². The van der Waals surface area contributed by atoms with Gasteiger partial charge in [0, 0.05) is 31.8 Å². The minimum atomic E-state index is -0.0603. The molecule has 3 heterocycles. The number of hydrogen-bond acceptors (Lipinski definition) is 5. The molecule has 1 N–H and O–H groups in total. The van der Waals surface area contributed by atoms with Crippen molar-refractivity contribution in [1.29, 1.82) is 0 Å². The molecule has 0 aromatic carbocycles. The number of hydrogen-bond donors (Lipinski definition) is 1. The van der Waals surface area contributed by atoms with Crippen LogP contribution in [0.3, 0.4) is 0 Å². The molecule has 0 unspecified atom stereocenters. The SMILES string of the molecule is Cc1nc(C)c(C(=O)N2C[C@H](c3nc(C(C)C)n[nH]3)[C@@H](C3CC3)C2)o1. The van der Waals surface area contributed by atoms with Crippen molar-refractivity contribution in [1.82, 2.24) is 25.1 Å². The van der Waals surface area contributed by atoms with Crippen LogP contribution in [-0.2, 0) is 0 Å². The average molecular weight is 343 g/mol. The maximum absolute atomic E-state index is 12.9. The third-order valence-electron chi connectivity index (χ3n) is 5.37. The lowest BCUT2D eigenvalue weighted by Crippen LogP contribution is -2.29. The fourth-order valence-electron chi connectivity index (χ4n) is 3.87. The van der Waals surface area contributed by atoms with Crippen LogP contribution in [0.4, 0.5) is 0 Å². The lowest BCUT2D eigenvalue weighted by molar-refractivity contribution is 0.0750. The standard InChI is InChI=1S/C18H25N5O2/c1-9(2)16-20-17(22-21-16)14-8-23(7-13(14)12-5-6-12)18(24)15-10(3)19-11(4)25-15/h9,12-14H,5-8H2,1-4H3,(H,20,21,22)/t13-,14+/m1/s1. The number of aromatic amines is 1. The van der Waals surface area contributed by atoms with Gasteiger partial charge in [-0.15, -0.1) is 0 Å². The zero-order valence-electron chi connectivity index (χ0n) is 15.2. The molecule has 0 radical (unpaired) electrons. The van der Waals surface area contributed by atoms with Gasteiger partial charge < -0.3 is 9.32 Å². The van der Waals surface area contributed by atoms with Gasteiger partial charge in [0.15, 0.2) is 11.7 Å². The van der Waals surface area contributed by atoms with E-state index in [0.29, 0.717) is 41.6 Å². The van der Waals surface area contributed by atoms with E-state index in [1.165, 1.54) is 12.8 Å². The molecule has 25 heavy (non-hydrogen) atoms. The van der Waals surface area contributed by atoms with Gasteiger partial charge in [0.25, 0.3) is 5.91 Å². The number of likely N-dealkylation sites (tertiary alicyclic amines) is 1. The smallest absolute Gasteiger partial charge is 0.291 e. The highest BCUT2D eigenvalue weighted by Crippen LogP contribution is 2.47. The molecule has 1 saturated heterocycles. The van der Waals surface area contributed by atoms with Crippen molar-refractivity contribution in [3.8, 4) is 0 Å². The van der Waals surface area contributed by atoms with E-state index < -0.39 is 0 Å². The summed E-state index contributed by atoms with van der Waals surface area (Å²) < 4.78 is 5.54. The van der Waals surface area contributed by atoms with Gasteiger partial charge in [-0.1, -0.05) is 13.8 Å². The van der Waals surface area contributed by atoms with E-state index in [4.69, 9.17) is 9.40 Å². The van der Waals surface area contributed by atoms with Gasteiger partial charge in [-0.25, -0.2) is 9.97 Å². The van der Waals surface area contributed by atoms with E-state index in [2.05, 4.69) is 29.0 Å². The molecule has 2 aromatic heterocycles. The number of carbonyl (C=O) groups is 1. The number of aromatic nitrogens is 4. The first-order chi connectivity index (χ1) is 11.9. The Morgan fingerprint density at radius 3 is 2.56 bits per heavy atom. The van der Waals surface area contributed by atoms with Crippen molar-refractivity contribution < 1.29 is 9.21 Å². The Morgan fingerprint density at radius 2 is 2.00 bits per heavy atom. The Morgan fingerprint density at radius 1 is 1.24 bits per heavy atom. The summed E-state index contributed by atoms with van der Waals surface area (Å²) in [7, 11) is 0. The molecule has 1 amide bonds. The minimum absolute atomic E-state index is 0.0603. The largest absolute Gasteiger partial charge is 0.436 e. The third kappa shape index (κ3) is 2.96. The Hall–Kier alpha value is -2.18. The Labute approximate surface area is 147 Å². The van der Waals surface area contributed by atoms with Gasteiger partial charge >= 0.3 is 0 Å². The number of rotatable bonds is 4. The Kier molecular flexibility index (Phi) is 3.89. The summed E-state index contributed by atoms with van der Waals surface area (Å²) in [6.45, 7) is 9.18. The lowest BCUT2D eigenvalue weighted by atomic mass is 9.91. The first-order valence-corrected chi connectivity index (χ1v) is 9.09. The predicted octanol–water partition coefficient (Wildman–Crippen LogP) is 2.80. The summed E-state index contributed by atoms with van der Waals surface area (Å²) in [5, 5.41) is 7.47. The molecule has 1 aliphatic heterocycles. The minimum Gasteiger partial charge on any atom is -0.436 e. The molecular weight excluding hydrogens is 318 g/mol. The van der Waals surface area contributed by atoms with E-state index in [0.717, 1.165) is 18.2 Å². The molecule has 2 aromatic rings. The van der Waals surface area contributed by atoms with E-state index in [-0.39, 0.29) is 11.8 Å². The maximum atomic E-state index is 12.9. The number of amides is 1. The molecule has 134 valence electrons. The van der Waals surface area contributed by atoms with Crippen LogP contribution in [0.1, 0.15) is 72.3 Å². The topological polar surface area (TPSA) is 87.9 Å². The number of nitrogens with zero attached hydrogens (tertiary/aromatic N) is 4. The zero-order chi connectivity index (χ0) is 17.7. The Balaban J connectivity index is 1.58. The molecule has 7 heteroatoms. The first-order valence-electron chi connectivity index (χ1n) is 9.09. The zero-order valence-corrected chi connectivity index (χ0v) is 15.2. The maximum Gasteiger partial charge on any atom is 0.291 e. The summed E-state index contributed by atoms with van der Waals surface area (Å²) >= 11 is 0. The van der Waals surface area contributed by atoms with Crippen LogP contribution in [0.2, 0.25) is 0 Å². The van der Waals surface area contributed by atoms with Crippen molar-refractivity contribution >= 4 is 5.91 Å². The van der Waals surface area contributed by atoms with E-state index >= 15 is 0 Å². The van der Waals surface area contributed by atoms with Crippen LogP contribution < -0.4 is 0 Å².